The van der Waals surface area contributed by atoms with E-state index in [4.69, 9.17) is 0 Å². The van der Waals surface area contributed by atoms with Gasteiger partial charge in [-0.25, -0.2) is 0 Å². The topological polar surface area (TPSA) is 43.9 Å². The molecule has 21 heavy (non-hydrogen) atoms. The molecule has 1 atom stereocenters. The summed E-state index contributed by atoms with van der Waals surface area (Å²) in [6, 6.07) is 0.387. The molecule has 5 nitrogen and oxygen atoms in total. The van der Waals surface area contributed by atoms with E-state index < -0.39 is 0 Å². The van der Waals surface area contributed by atoms with Crippen molar-refractivity contribution >= 4 is 11.8 Å². The lowest BCUT2D eigenvalue weighted by atomic mass is 10.00. The number of carbonyl (C=O) groups excluding carboxylic acids is 2. The zero-order valence-electron chi connectivity index (χ0n) is 14.1. The molecule has 2 amide bonds. The SMILES string of the molecule is CCC1CCCCN1C(=O)CN(C)CC(=O)N(CC)CC. The molecule has 0 aliphatic carbocycles. The van der Waals surface area contributed by atoms with Gasteiger partial charge in [-0.1, -0.05) is 6.92 Å². The molecule has 0 aromatic carbocycles. The Bertz CT molecular complexity index is 342. The van der Waals surface area contributed by atoms with Crippen molar-refractivity contribution in [2.24, 2.45) is 0 Å². The van der Waals surface area contributed by atoms with Gasteiger partial charge in [0.1, 0.15) is 0 Å². The molecule has 1 fully saturated rings. The summed E-state index contributed by atoms with van der Waals surface area (Å²) in [4.78, 5) is 30.1. The van der Waals surface area contributed by atoms with Crippen LogP contribution >= 0.6 is 0 Å². The highest BCUT2D eigenvalue weighted by Crippen LogP contribution is 2.19. The van der Waals surface area contributed by atoms with Crippen molar-refractivity contribution in [1.29, 1.82) is 0 Å². The van der Waals surface area contributed by atoms with E-state index in [1.807, 2.05) is 30.7 Å². The van der Waals surface area contributed by atoms with Gasteiger partial charge in [-0.05, 0) is 46.6 Å². The van der Waals surface area contributed by atoms with Gasteiger partial charge in [0, 0.05) is 25.7 Å². The number of likely N-dealkylation sites (N-methyl/N-ethyl adjacent to an activating group) is 2. The quantitative estimate of drug-likeness (QED) is 0.716. The summed E-state index contributed by atoms with van der Waals surface area (Å²) in [5, 5.41) is 0. The molecule has 5 heteroatoms. The maximum absolute atomic E-state index is 12.4. The Kier molecular flexibility index (Phi) is 7.72. The highest BCUT2D eigenvalue weighted by Gasteiger charge is 2.26. The molecule has 0 N–H and O–H groups in total. The molecular weight excluding hydrogens is 266 g/mol. The van der Waals surface area contributed by atoms with Gasteiger partial charge in [0.25, 0.3) is 0 Å². The number of nitrogens with zero attached hydrogens (tertiary/aromatic N) is 3. The van der Waals surface area contributed by atoms with Crippen molar-refractivity contribution in [3.8, 4) is 0 Å². The van der Waals surface area contributed by atoms with Gasteiger partial charge in [0.15, 0.2) is 0 Å². The van der Waals surface area contributed by atoms with Crippen LogP contribution in [-0.2, 0) is 9.59 Å². The first-order valence-corrected chi connectivity index (χ1v) is 8.29. The third kappa shape index (κ3) is 5.30. The second-order valence-electron chi connectivity index (χ2n) is 5.88. The second-order valence-corrected chi connectivity index (χ2v) is 5.88. The number of hydrogen-bond acceptors (Lipinski definition) is 3. The van der Waals surface area contributed by atoms with Crippen molar-refractivity contribution < 1.29 is 9.59 Å². The molecule has 1 saturated heterocycles. The molecule has 1 aliphatic heterocycles. The molecule has 122 valence electrons. The fourth-order valence-electron chi connectivity index (χ4n) is 3.04. The van der Waals surface area contributed by atoms with Crippen LogP contribution < -0.4 is 0 Å². The zero-order valence-corrected chi connectivity index (χ0v) is 14.1. The number of rotatable bonds is 7. The largest absolute Gasteiger partial charge is 0.342 e. The Morgan fingerprint density at radius 2 is 1.76 bits per heavy atom. The average Bonchev–Trinajstić information content (AvgIpc) is 2.48. The minimum Gasteiger partial charge on any atom is -0.342 e. The van der Waals surface area contributed by atoms with Crippen LogP contribution in [-0.4, -0.2) is 72.3 Å². The molecule has 0 aromatic rings. The number of amides is 2. The summed E-state index contributed by atoms with van der Waals surface area (Å²) in [6.45, 7) is 9.07. The zero-order chi connectivity index (χ0) is 15.8. The molecule has 1 aliphatic rings. The van der Waals surface area contributed by atoms with Gasteiger partial charge in [0.2, 0.25) is 11.8 Å². The fraction of sp³-hybridized carbons (Fsp3) is 0.875. The molecule has 1 unspecified atom stereocenters. The third-order valence-corrected chi connectivity index (χ3v) is 4.35. The van der Waals surface area contributed by atoms with Gasteiger partial charge in [-0.3, -0.25) is 14.5 Å². The van der Waals surface area contributed by atoms with Crippen LogP contribution in [0.5, 0.6) is 0 Å². The summed E-state index contributed by atoms with van der Waals surface area (Å²) in [6.07, 6.45) is 4.46. The standard InChI is InChI=1S/C16H31N3O2/c1-5-14-10-8-9-11-19(14)16(21)13-17(4)12-15(20)18(6-2)7-3/h14H,5-13H2,1-4H3. The van der Waals surface area contributed by atoms with Crippen molar-refractivity contribution in [3.05, 3.63) is 0 Å². The number of carbonyl (C=O) groups is 2. The Balaban J connectivity index is 2.47. The van der Waals surface area contributed by atoms with E-state index in [1.165, 1.54) is 6.42 Å². The van der Waals surface area contributed by atoms with E-state index in [-0.39, 0.29) is 11.8 Å². The number of hydrogen-bond donors (Lipinski definition) is 0. The van der Waals surface area contributed by atoms with Crippen molar-refractivity contribution in [1.82, 2.24) is 14.7 Å². The summed E-state index contributed by atoms with van der Waals surface area (Å²) in [5.41, 5.74) is 0. The van der Waals surface area contributed by atoms with Crippen molar-refractivity contribution in [2.45, 2.75) is 52.5 Å². The van der Waals surface area contributed by atoms with E-state index in [1.54, 1.807) is 4.90 Å². The van der Waals surface area contributed by atoms with E-state index in [0.717, 1.165) is 38.9 Å². The Morgan fingerprint density at radius 1 is 1.10 bits per heavy atom. The third-order valence-electron chi connectivity index (χ3n) is 4.35. The Hall–Kier alpha value is -1.10. The van der Waals surface area contributed by atoms with Crippen LogP contribution in [0.2, 0.25) is 0 Å². The highest BCUT2D eigenvalue weighted by atomic mass is 16.2. The Morgan fingerprint density at radius 3 is 2.33 bits per heavy atom. The minimum absolute atomic E-state index is 0.0981. The van der Waals surface area contributed by atoms with Crippen LogP contribution in [0.25, 0.3) is 0 Å². The molecule has 1 heterocycles. The molecule has 0 saturated carbocycles. The first-order valence-electron chi connectivity index (χ1n) is 8.29. The summed E-state index contributed by atoms with van der Waals surface area (Å²) < 4.78 is 0. The van der Waals surface area contributed by atoms with Crippen LogP contribution in [0.4, 0.5) is 0 Å². The molecule has 0 bridgehead atoms. The predicted molar refractivity (Wildman–Crippen MR) is 85.1 cm³/mol. The summed E-state index contributed by atoms with van der Waals surface area (Å²) in [7, 11) is 1.85. The number of likely N-dealkylation sites (tertiary alicyclic amines) is 1. The first kappa shape index (κ1) is 18.0. The molecule has 0 aromatic heterocycles. The van der Waals surface area contributed by atoms with Crippen LogP contribution in [0.3, 0.4) is 0 Å². The van der Waals surface area contributed by atoms with E-state index in [9.17, 15) is 9.59 Å². The smallest absolute Gasteiger partial charge is 0.237 e. The minimum atomic E-state index is 0.0981. The first-order chi connectivity index (χ1) is 10.0. The maximum atomic E-state index is 12.4. The van der Waals surface area contributed by atoms with Crippen molar-refractivity contribution in [2.75, 3.05) is 39.8 Å². The van der Waals surface area contributed by atoms with Gasteiger partial charge in [-0.15, -0.1) is 0 Å². The molecule has 1 rings (SSSR count). The molecular formula is C16H31N3O2. The lowest BCUT2D eigenvalue weighted by molar-refractivity contribution is -0.137. The number of piperidine rings is 1. The lowest BCUT2D eigenvalue weighted by Crippen LogP contribution is -2.48. The fourth-order valence-corrected chi connectivity index (χ4v) is 3.04. The second kappa shape index (κ2) is 9.03. The van der Waals surface area contributed by atoms with Crippen molar-refractivity contribution in [3.63, 3.8) is 0 Å². The van der Waals surface area contributed by atoms with E-state index in [0.29, 0.717) is 19.1 Å². The van der Waals surface area contributed by atoms with Gasteiger partial charge in [-0.2, -0.15) is 0 Å². The van der Waals surface area contributed by atoms with Gasteiger partial charge in [0.05, 0.1) is 13.1 Å². The highest BCUT2D eigenvalue weighted by molar-refractivity contribution is 5.81. The van der Waals surface area contributed by atoms with Crippen LogP contribution in [0.1, 0.15) is 46.5 Å². The van der Waals surface area contributed by atoms with E-state index >= 15 is 0 Å². The van der Waals surface area contributed by atoms with Crippen LogP contribution in [0, 0.1) is 0 Å². The maximum Gasteiger partial charge on any atom is 0.237 e. The van der Waals surface area contributed by atoms with Gasteiger partial charge >= 0.3 is 0 Å². The summed E-state index contributed by atoms with van der Waals surface area (Å²) >= 11 is 0. The summed E-state index contributed by atoms with van der Waals surface area (Å²) in [5.74, 6) is 0.261. The normalized spacial score (nSPS) is 18.9. The lowest BCUT2D eigenvalue weighted by Gasteiger charge is -2.36. The monoisotopic (exact) mass is 297 g/mol. The predicted octanol–water partition coefficient (Wildman–Crippen LogP) is 1.58. The average molecular weight is 297 g/mol. The molecule has 0 radical (unpaired) electrons. The van der Waals surface area contributed by atoms with E-state index in [2.05, 4.69) is 6.92 Å². The van der Waals surface area contributed by atoms with Crippen LogP contribution in [0.15, 0.2) is 0 Å². The Labute approximate surface area is 129 Å². The van der Waals surface area contributed by atoms with Gasteiger partial charge < -0.3 is 9.80 Å². The molecule has 0 spiro atoms.